The molecule has 34 heavy (non-hydrogen) atoms. The Morgan fingerprint density at radius 2 is 1.94 bits per heavy atom. The molecule has 1 aliphatic heterocycles. The van der Waals surface area contributed by atoms with Gasteiger partial charge in [0.05, 0.1) is 33.9 Å². The van der Waals surface area contributed by atoms with E-state index in [1.807, 2.05) is 0 Å². The molecule has 1 aliphatic rings. The van der Waals surface area contributed by atoms with Gasteiger partial charge < -0.3 is 19.7 Å². The van der Waals surface area contributed by atoms with Crippen LogP contribution in [0.25, 0.3) is 21.9 Å². The van der Waals surface area contributed by atoms with Crippen LogP contribution >= 0.6 is 0 Å². The highest BCUT2D eigenvalue weighted by molar-refractivity contribution is 5.93. The highest BCUT2D eigenvalue weighted by Crippen LogP contribution is 2.41. The van der Waals surface area contributed by atoms with E-state index in [4.69, 9.17) is 4.42 Å². The SMILES string of the molecule is Cc1nnc(N[C@H](C)c2cccc3c(F)coc23)c2cc(N3CC(C)(O)C3)c(C(F)(F)F)nc12. The summed E-state index contributed by atoms with van der Waals surface area (Å²) in [5.74, 6) is -0.254. The van der Waals surface area contributed by atoms with Gasteiger partial charge in [-0.2, -0.15) is 18.3 Å². The van der Waals surface area contributed by atoms with Crippen LogP contribution in [0.15, 0.2) is 34.9 Å². The normalized spacial score (nSPS) is 16.6. The maximum atomic E-state index is 14.0. The predicted molar refractivity (Wildman–Crippen MR) is 118 cm³/mol. The van der Waals surface area contributed by atoms with Crippen LogP contribution in [0, 0.1) is 12.7 Å². The quantitative estimate of drug-likeness (QED) is 0.403. The molecule has 11 heteroatoms. The van der Waals surface area contributed by atoms with Crippen molar-refractivity contribution in [3.63, 3.8) is 0 Å². The topological polar surface area (TPSA) is 87.3 Å². The minimum Gasteiger partial charge on any atom is -0.461 e. The van der Waals surface area contributed by atoms with E-state index in [9.17, 15) is 22.7 Å². The number of hydrogen-bond donors (Lipinski definition) is 2. The molecular weight excluding hydrogens is 454 g/mol. The van der Waals surface area contributed by atoms with Gasteiger partial charge in [-0.3, -0.25) is 0 Å². The lowest BCUT2D eigenvalue weighted by Crippen LogP contribution is -2.60. The zero-order valence-corrected chi connectivity index (χ0v) is 18.5. The molecule has 0 unspecified atom stereocenters. The number of alkyl halides is 3. The first-order valence-electron chi connectivity index (χ1n) is 10.6. The Kier molecular flexibility index (Phi) is 4.94. The Balaban J connectivity index is 1.61. The second-order valence-electron chi connectivity index (χ2n) is 8.91. The highest BCUT2D eigenvalue weighted by atomic mass is 19.4. The van der Waals surface area contributed by atoms with Crippen molar-refractivity contribution in [1.29, 1.82) is 0 Å². The molecule has 0 saturated carbocycles. The molecule has 0 radical (unpaired) electrons. The van der Waals surface area contributed by atoms with Crippen LogP contribution in [0.4, 0.5) is 29.1 Å². The molecule has 7 nitrogen and oxygen atoms in total. The maximum absolute atomic E-state index is 14.0. The molecule has 1 atom stereocenters. The third-order valence-corrected chi connectivity index (χ3v) is 5.98. The van der Waals surface area contributed by atoms with E-state index < -0.39 is 29.3 Å². The Hall–Kier alpha value is -3.47. The molecule has 3 aromatic heterocycles. The van der Waals surface area contributed by atoms with Gasteiger partial charge in [-0.15, -0.1) is 5.10 Å². The number of nitrogens with one attached hydrogen (secondary N) is 1. The second-order valence-corrected chi connectivity index (χ2v) is 8.91. The Bertz CT molecular complexity index is 1410. The first-order chi connectivity index (χ1) is 15.9. The van der Waals surface area contributed by atoms with Crippen LogP contribution < -0.4 is 10.2 Å². The summed E-state index contributed by atoms with van der Waals surface area (Å²) >= 11 is 0. The van der Waals surface area contributed by atoms with Crippen LogP contribution in [0.5, 0.6) is 0 Å². The average Bonchev–Trinajstić information content (AvgIpc) is 3.13. The van der Waals surface area contributed by atoms with E-state index in [2.05, 4.69) is 20.5 Å². The van der Waals surface area contributed by atoms with Crippen molar-refractivity contribution in [2.24, 2.45) is 0 Å². The Morgan fingerprint density at radius 3 is 2.62 bits per heavy atom. The summed E-state index contributed by atoms with van der Waals surface area (Å²) in [5, 5.41) is 22.1. The lowest BCUT2D eigenvalue weighted by Gasteiger charge is -2.46. The summed E-state index contributed by atoms with van der Waals surface area (Å²) in [7, 11) is 0. The van der Waals surface area contributed by atoms with E-state index in [1.54, 1.807) is 32.0 Å². The number of fused-ring (bicyclic) bond motifs is 2. The van der Waals surface area contributed by atoms with E-state index in [0.29, 0.717) is 21.9 Å². The number of rotatable bonds is 4. The van der Waals surface area contributed by atoms with E-state index >= 15 is 0 Å². The molecule has 2 N–H and O–H groups in total. The minimum absolute atomic E-state index is 0.0476. The molecule has 0 aliphatic carbocycles. The number of aromatic nitrogens is 3. The van der Waals surface area contributed by atoms with Crippen LogP contribution in [0.2, 0.25) is 0 Å². The van der Waals surface area contributed by atoms with Crippen molar-refractivity contribution in [3.8, 4) is 0 Å². The lowest BCUT2D eigenvalue weighted by molar-refractivity contribution is -0.140. The number of aryl methyl sites for hydroxylation is 1. The van der Waals surface area contributed by atoms with E-state index in [1.165, 1.54) is 17.9 Å². The number of β-amino-alcohol motifs (C(OH)–C–C–N with tert-alkyl or cyclic N) is 1. The predicted octanol–water partition coefficient (Wildman–Crippen LogP) is 4.98. The number of aliphatic hydroxyl groups is 1. The maximum Gasteiger partial charge on any atom is 0.435 e. The summed E-state index contributed by atoms with van der Waals surface area (Å²) < 4.78 is 60.9. The summed E-state index contributed by atoms with van der Waals surface area (Å²) in [6.45, 7) is 5.00. The van der Waals surface area contributed by atoms with Gasteiger partial charge in [0.2, 0.25) is 0 Å². The average molecular weight is 475 g/mol. The van der Waals surface area contributed by atoms with Crippen molar-refractivity contribution in [2.75, 3.05) is 23.3 Å². The molecule has 0 spiro atoms. The van der Waals surface area contributed by atoms with Crippen LogP contribution in [-0.4, -0.2) is 39.0 Å². The summed E-state index contributed by atoms with van der Waals surface area (Å²) in [6.07, 6.45) is -3.67. The summed E-state index contributed by atoms with van der Waals surface area (Å²) in [4.78, 5) is 5.37. The van der Waals surface area contributed by atoms with Crippen molar-refractivity contribution >= 4 is 33.4 Å². The molecule has 5 rings (SSSR count). The van der Waals surface area contributed by atoms with Crippen molar-refractivity contribution in [1.82, 2.24) is 15.2 Å². The zero-order valence-electron chi connectivity index (χ0n) is 18.5. The standard InChI is InChI=1S/C23H21F4N5O2/c1-11(13-5-4-6-14-16(24)8-34-19(13)14)28-21-15-7-17(32-9-22(3,33)10-32)20(23(25,26)27)29-18(15)12(2)30-31-21/h4-8,11,33H,9-10H2,1-3H3,(H,28,31)/t11-/m1/s1. The molecule has 0 bridgehead atoms. The number of nitrogens with zero attached hydrogens (tertiary/aromatic N) is 4. The molecule has 0 amide bonds. The molecule has 1 aromatic carbocycles. The lowest BCUT2D eigenvalue weighted by atomic mass is 9.95. The van der Waals surface area contributed by atoms with Crippen molar-refractivity contribution in [2.45, 2.75) is 38.6 Å². The zero-order chi connectivity index (χ0) is 24.4. The van der Waals surface area contributed by atoms with E-state index in [-0.39, 0.29) is 35.8 Å². The first-order valence-corrected chi connectivity index (χ1v) is 10.6. The van der Waals surface area contributed by atoms with Gasteiger partial charge in [-0.05, 0) is 32.9 Å². The van der Waals surface area contributed by atoms with Crippen LogP contribution in [0.3, 0.4) is 0 Å². The highest BCUT2D eigenvalue weighted by Gasteiger charge is 2.43. The number of anilines is 2. The minimum atomic E-state index is -4.69. The van der Waals surface area contributed by atoms with Gasteiger partial charge in [0.1, 0.15) is 11.8 Å². The summed E-state index contributed by atoms with van der Waals surface area (Å²) in [5.41, 5.74) is -0.921. The fourth-order valence-electron chi connectivity index (χ4n) is 4.36. The van der Waals surface area contributed by atoms with Crippen LogP contribution in [-0.2, 0) is 6.18 Å². The third-order valence-electron chi connectivity index (χ3n) is 5.98. The van der Waals surface area contributed by atoms with Crippen molar-refractivity contribution in [3.05, 3.63) is 53.3 Å². The van der Waals surface area contributed by atoms with Gasteiger partial charge in [-0.1, -0.05) is 12.1 Å². The Morgan fingerprint density at radius 1 is 1.21 bits per heavy atom. The number of halogens is 4. The number of para-hydroxylation sites is 1. The summed E-state index contributed by atoms with van der Waals surface area (Å²) in [6, 6.07) is 6.00. The molecule has 1 saturated heterocycles. The fourth-order valence-corrected chi connectivity index (χ4v) is 4.36. The number of benzene rings is 1. The van der Waals surface area contributed by atoms with E-state index in [0.717, 1.165) is 6.26 Å². The number of pyridine rings is 1. The first kappa shape index (κ1) is 22.3. The van der Waals surface area contributed by atoms with Gasteiger partial charge in [0.15, 0.2) is 17.3 Å². The number of furan rings is 1. The van der Waals surface area contributed by atoms with Crippen molar-refractivity contribution < 1.29 is 27.1 Å². The molecule has 1 fully saturated rings. The van der Waals surface area contributed by atoms with Crippen LogP contribution in [0.1, 0.15) is 36.8 Å². The number of hydrogen-bond acceptors (Lipinski definition) is 7. The molecule has 178 valence electrons. The molecular formula is C23H21F4N5O2. The van der Waals surface area contributed by atoms with Gasteiger partial charge in [-0.25, -0.2) is 9.37 Å². The fraction of sp³-hybridized carbons (Fsp3) is 0.348. The monoisotopic (exact) mass is 475 g/mol. The third kappa shape index (κ3) is 3.69. The Labute approximate surface area is 191 Å². The second kappa shape index (κ2) is 7.52. The van der Waals surface area contributed by atoms with Gasteiger partial charge >= 0.3 is 6.18 Å². The largest absolute Gasteiger partial charge is 0.461 e. The molecule has 4 aromatic rings. The van der Waals surface area contributed by atoms with Gasteiger partial charge in [0.25, 0.3) is 0 Å². The smallest absolute Gasteiger partial charge is 0.435 e. The van der Waals surface area contributed by atoms with Gasteiger partial charge in [0, 0.05) is 24.0 Å². The molecule has 4 heterocycles.